The van der Waals surface area contributed by atoms with Crippen LogP contribution in [-0.4, -0.2) is 11.4 Å². The predicted octanol–water partition coefficient (Wildman–Crippen LogP) is 4.35. The fraction of sp³-hybridized carbons (Fsp3) is 0.174. The number of carbonyl (C=O) groups excluding carboxylic acids is 1. The van der Waals surface area contributed by atoms with Crippen molar-refractivity contribution in [2.45, 2.75) is 25.9 Å². The van der Waals surface area contributed by atoms with Gasteiger partial charge in [0.1, 0.15) is 28.8 Å². The van der Waals surface area contributed by atoms with Crippen LogP contribution in [-0.2, 0) is 4.79 Å². The molecule has 3 rings (SSSR count). The smallest absolute Gasteiger partial charge is 0.173 e. The van der Waals surface area contributed by atoms with E-state index in [0.717, 1.165) is 0 Å². The van der Waals surface area contributed by atoms with Crippen LogP contribution in [0.25, 0.3) is 0 Å². The number of hydrogen-bond donors (Lipinski definition) is 0. The summed E-state index contributed by atoms with van der Waals surface area (Å²) in [6, 6.07) is 31.7. The first-order valence-corrected chi connectivity index (χ1v) is 10.6. The van der Waals surface area contributed by atoms with E-state index in [1.807, 2.05) is 25.1 Å². The molecule has 0 aliphatic carbocycles. The zero-order valence-electron chi connectivity index (χ0n) is 14.8. The zero-order chi connectivity index (χ0) is 17.7. The molecule has 1 nitrogen and oxygen atoms in total. The van der Waals surface area contributed by atoms with Gasteiger partial charge < -0.3 is 0 Å². The summed E-state index contributed by atoms with van der Waals surface area (Å²) in [5, 5.41) is 3.80. The van der Waals surface area contributed by atoms with Crippen LogP contribution in [0.5, 0.6) is 0 Å². The molecule has 0 fully saturated rings. The second kappa shape index (κ2) is 7.76. The molecule has 0 radical (unpaired) electrons. The van der Waals surface area contributed by atoms with Crippen molar-refractivity contribution in [1.82, 2.24) is 0 Å². The van der Waals surface area contributed by atoms with Crippen LogP contribution >= 0.6 is 7.26 Å². The van der Waals surface area contributed by atoms with Gasteiger partial charge in [-0.25, -0.2) is 0 Å². The topological polar surface area (TPSA) is 17.1 Å². The van der Waals surface area contributed by atoms with Crippen molar-refractivity contribution >= 4 is 29.0 Å². The van der Waals surface area contributed by atoms with E-state index >= 15 is 0 Å². The van der Waals surface area contributed by atoms with E-state index in [2.05, 4.69) is 79.7 Å². The maximum Gasteiger partial charge on any atom is 0.173 e. The maximum atomic E-state index is 12.9. The van der Waals surface area contributed by atoms with Crippen molar-refractivity contribution in [3.63, 3.8) is 0 Å². The Morgan fingerprint density at radius 3 is 1.32 bits per heavy atom. The first kappa shape index (κ1) is 17.6. The second-order valence-electron chi connectivity index (χ2n) is 6.23. The zero-order valence-corrected chi connectivity index (χ0v) is 15.7. The molecule has 0 aliphatic rings. The highest BCUT2D eigenvalue weighted by atomic mass is 31.2. The minimum atomic E-state index is -2.07. The summed E-state index contributed by atoms with van der Waals surface area (Å²) in [6.45, 7) is 4.08. The fourth-order valence-electron chi connectivity index (χ4n) is 3.62. The summed E-state index contributed by atoms with van der Waals surface area (Å²) in [4.78, 5) is 12.9. The van der Waals surface area contributed by atoms with E-state index in [1.165, 1.54) is 15.9 Å². The Morgan fingerprint density at radius 2 is 1.04 bits per heavy atom. The molecule has 0 bridgehead atoms. The number of rotatable bonds is 6. The minimum Gasteiger partial charge on any atom is -0.295 e. The second-order valence-corrected chi connectivity index (χ2v) is 9.99. The van der Waals surface area contributed by atoms with Crippen LogP contribution in [0.1, 0.15) is 20.3 Å². The van der Waals surface area contributed by atoms with Gasteiger partial charge in [0, 0.05) is 6.42 Å². The monoisotopic (exact) mass is 347 g/mol. The lowest BCUT2D eigenvalue weighted by atomic mass is 10.2. The van der Waals surface area contributed by atoms with Gasteiger partial charge >= 0.3 is 0 Å². The fourth-order valence-corrected chi connectivity index (χ4v) is 8.40. The van der Waals surface area contributed by atoms with Crippen LogP contribution in [0.3, 0.4) is 0 Å². The molecule has 25 heavy (non-hydrogen) atoms. The van der Waals surface area contributed by atoms with E-state index in [9.17, 15) is 4.79 Å². The van der Waals surface area contributed by atoms with Crippen LogP contribution in [0.4, 0.5) is 0 Å². The quantitative estimate of drug-likeness (QED) is 0.606. The number of benzene rings is 3. The Bertz CT molecular complexity index is 716. The van der Waals surface area contributed by atoms with E-state index in [0.29, 0.717) is 12.2 Å². The third-order valence-corrected chi connectivity index (χ3v) is 9.67. The third kappa shape index (κ3) is 3.17. The molecule has 0 aromatic heterocycles. The van der Waals surface area contributed by atoms with Gasteiger partial charge in [-0.1, -0.05) is 61.5 Å². The van der Waals surface area contributed by atoms with Crippen LogP contribution in [0.2, 0.25) is 0 Å². The van der Waals surface area contributed by atoms with Crippen LogP contribution in [0.15, 0.2) is 91.0 Å². The molecule has 0 N–H and O–H groups in total. The van der Waals surface area contributed by atoms with Crippen LogP contribution < -0.4 is 15.9 Å². The van der Waals surface area contributed by atoms with Crippen molar-refractivity contribution in [2.24, 2.45) is 0 Å². The van der Waals surface area contributed by atoms with Gasteiger partial charge in [-0.2, -0.15) is 0 Å². The van der Waals surface area contributed by atoms with Crippen molar-refractivity contribution in [3.8, 4) is 0 Å². The number of ketones is 1. The molecule has 3 aromatic rings. The molecular weight excluding hydrogens is 323 g/mol. The Hall–Kier alpha value is -2.24. The molecule has 0 saturated heterocycles. The lowest BCUT2D eigenvalue weighted by Crippen LogP contribution is -2.40. The van der Waals surface area contributed by atoms with Gasteiger partial charge in [0.15, 0.2) is 5.78 Å². The van der Waals surface area contributed by atoms with Gasteiger partial charge in [0.2, 0.25) is 0 Å². The molecule has 0 heterocycles. The summed E-state index contributed by atoms with van der Waals surface area (Å²) in [5.41, 5.74) is -0.0512. The van der Waals surface area contributed by atoms with Crippen molar-refractivity contribution in [2.75, 3.05) is 0 Å². The minimum absolute atomic E-state index is 0.0512. The summed E-state index contributed by atoms with van der Waals surface area (Å²) in [5.74, 6) is 0.324. The lowest BCUT2D eigenvalue weighted by Gasteiger charge is -2.32. The number of hydrogen-bond acceptors (Lipinski definition) is 1. The highest BCUT2D eigenvalue weighted by molar-refractivity contribution is 7.96. The third-order valence-electron chi connectivity index (χ3n) is 4.89. The summed E-state index contributed by atoms with van der Waals surface area (Å²) < 4.78 is 0. The van der Waals surface area contributed by atoms with E-state index in [-0.39, 0.29) is 5.66 Å². The van der Waals surface area contributed by atoms with E-state index < -0.39 is 7.26 Å². The van der Waals surface area contributed by atoms with E-state index in [4.69, 9.17) is 0 Å². The van der Waals surface area contributed by atoms with Gasteiger partial charge in [0.25, 0.3) is 0 Å². The van der Waals surface area contributed by atoms with E-state index in [1.54, 1.807) is 0 Å². The van der Waals surface area contributed by atoms with Gasteiger partial charge in [-0.05, 0) is 43.3 Å². The molecule has 0 spiro atoms. The molecule has 0 amide bonds. The molecule has 126 valence electrons. The molecule has 2 heteroatoms. The SMILES string of the molecule is CCC(=O)[C@@H](C)[P+](c1ccccc1)(c1ccccc1)c1ccccc1. The molecular formula is C23H24OP+. The predicted molar refractivity (Wildman–Crippen MR) is 110 cm³/mol. The Kier molecular flexibility index (Phi) is 5.46. The Balaban J connectivity index is 2.38. The summed E-state index contributed by atoms with van der Waals surface area (Å²) >= 11 is 0. The van der Waals surface area contributed by atoms with Crippen molar-refractivity contribution < 1.29 is 4.79 Å². The highest BCUT2D eigenvalue weighted by Crippen LogP contribution is 2.59. The van der Waals surface area contributed by atoms with Gasteiger partial charge in [-0.3, -0.25) is 4.79 Å². The van der Waals surface area contributed by atoms with Crippen molar-refractivity contribution in [3.05, 3.63) is 91.0 Å². The Labute approximate surface area is 151 Å². The largest absolute Gasteiger partial charge is 0.295 e. The highest BCUT2D eigenvalue weighted by Gasteiger charge is 2.52. The average molecular weight is 347 g/mol. The van der Waals surface area contributed by atoms with Crippen molar-refractivity contribution in [1.29, 1.82) is 0 Å². The summed E-state index contributed by atoms with van der Waals surface area (Å²) in [6.07, 6.45) is 0.565. The number of Topliss-reactive ketones (excluding diaryl/α,β-unsaturated/α-hetero) is 1. The molecule has 0 unspecified atom stereocenters. The normalized spacial score (nSPS) is 12.6. The molecule has 0 aliphatic heterocycles. The van der Waals surface area contributed by atoms with Gasteiger partial charge in [-0.15, -0.1) is 0 Å². The van der Waals surface area contributed by atoms with Gasteiger partial charge in [0.05, 0.1) is 0 Å². The number of carbonyl (C=O) groups is 1. The first-order valence-electron chi connectivity index (χ1n) is 8.79. The molecule has 3 aromatic carbocycles. The first-order chi connectivity index (χ1) is 12.2. The average Bonchev–Trinajstić information content (AvgIpc) is 2.70. The standard InChI is InChI=1S/C23H24OP/c1-3-23(24)19(2)25(20-13-7-4-8-14-20,21-15-9-5-10-16-21)22-17-11-6-12-18-22/h4-19H,3H2,1-2H3/q+1/t19-/m1/s1. The summed E-state index contributed by atoms with van der Waals surface area (Å²) in [7, 11) is -2.07. The Morgan fingerprint density at radius 1 is 0.720 bits per heavy atom. The maximum absolute atomic E-state index is 12.9. The molecule has 0 saturated carbocycles. The molecule has 1 atom stereocenters. The van der Waals surface area contributed by atoms with Crippen LogP contribution in [0, 0.1) is 0 Å². The lowest BCUT2D eigenvalue weighted by molar-refractivity contribution is -0.118.